The Labute approximate surface area is 167 Å². The van der Waals surface area contributed by atoms with Crippen LogP contribution in [0.3, 0.4) is 0 Å². The minimum atomic E-state index is -1.42. The van der Waals surface area contributed by atoms with Crippen molar-refractivity contribution in [3.05, 3.63) is 12.1 Å². The highest BCUT2D eigenvalue weighted by Crippen LogP contribution is 2.39. The predicted molar refractivity (Wildman–Crippen MR) is 105 cm³/mol. The van der Waals surface area contributed by atoms with Crippen molar-refractivity contribution in [3.63, 3.8) is 0 Å². The van der Waals surface area contributed by atoms with Crippen molar-refractivity contribution in [3.8, 4) is 11.1 Å². The summed E-state index contributed by atoms with van der Waals surface area (Å²) in [6.07, 6.45) is 0.430. The SMILES string of the molecule is CC(=O)N[C@@H](C)COC1CC(F)(COc2ccc3nc(OC(C)C)sc3n2)C1. The topological polar surface area (TPSA) is 82.6 Å². The molecule has 2 aromatic heterocycles. The second-order valence-corrected chi connectivity index (χ2v) is 8.46. The molecule has 0 saturated heterocycles. The van der Waals surface area contributed by atoms with Crippen LogP contribution in [0.4, 0.5) is 4.39 Å². The van der Waals surface area contributed by atoms with Crippen LogP contribution in [0.25, 0.3) is 10.3 Å². The van der Waals surface area contributed by atoms with E-state index in [1.807, 2.05) is 20.8 Å². The summed E-state index contributed by atoms with van der Waals surface area (Å²) in [7, 11) is 0. The Kier molecular flexibility index (Phi) is 6.34. The van der Waals surface area contributed by atoms with Crippen molar-refractivity contribution < 1.29 is 23.4 Å². The number of nitrogens with one attached hydrogen (secondary N) is 1. The van der Waals surface area contributed by atoms with Gasteiger partial charge in [0.2, 0.25) is 11.8 Å². The Morgan fingerprint density at radius 1 is 1.36 bits per heavy atom. The molecule has 1 saturated carbocycles. The van der Waals surface area contributed by atoms with Gasteiger partial charge in [0.25, 0.3) is 5.19 Å². The lowest BCUT2D eigenvalue weighted by molar-refractivity contribution is -0.125. The third-order valence-corrected chi connectivity index (χ3v) is 5.10. The Morgan fingerprint density at radius 2 is 2.11 bits per heavy atom. The predicted octanol–water partition coefficient (Wildman–Crippen LogP) is 3.27. The fourth-order valence-corrected chi connectivity index (χ4v) is 3.88. The molecule has 1 fully saturated rings. The smallest absolute Gasteiger partial charge is 0.276 e. The summed E-state index contributed by atoms with van der Waals surface area (Å²) in [5.74, 6) is 0.263. The maximum atomic E-state index is 14.7. The summed E-state index contributed by atoms with van der Waals surface area (Å²) in [6, 6.07) is 3.39. The standard InChI is InChI=1S/C19H26FN3O4S/c1-11(2)27-18-22-15-5-6-16(23-17(15)28-18)26-10-19(20)7-14(8-19)25-9-12(3)21-13(4)24/h5-6,11-12,14H,7-10H2,1-4H3,(H,21,24)/t12-,14?,19?/m0/s1. The Hall–Kier alpha value is -2.00. The van der Waals surface area contributed by atoms with Gasteiger partial charge in [0.1, 0.15) is 17.8 Å². The molecule has 1 aliphatic rings. The third-order valence-electron chi connectivity index (χ3n) is 4.24. The molecule has 28 heavy (non-hydrogen) atoms. The van der Waals surface area contributed by atoms with E-state index < -0.39 is 5.67 Å². The van der Waals surface area contributed by atoms with Gasteiger partial charge >= 0.3 is 0 Å². The Morgan fingerprint density at radius 3 is 2.79 bits per heavy atom. The van der Waals surface area contributed by atoms with Crippen LogP contribution in [0.1, 0.15) is 40.5 Å². The van der Waals surface area contributed by atoms with Crippen LogP contribution < -0.4 is 14.8 Å². The van der Waals surface area contributed by atoms with E-state index in [1.165, 1.54) is 18.3 Å². The van der Waals surface area contributed by atoms with E-state index in [-0.39, 0.29) is 43.6 Å². The molecule has 0 unspecified atom stereocenters. The van der Waals surface area contributed by atoms with Gasteiger partial charge in [-0.3, -0.25) is 4.79 Å². The average molecular weight is 411 g/mol. The number of pyridine rings is 1. The maximum Gasteiger partial charge on any atom is 0.276 e. The number of hydrogen-bond donors (Lipinski definition) is 1. The number of nitrogens with zero attached hydrogens (tertiary/aromatic N) is 2. The number of aromatic nitrogens is 2. The van der Waals surface area contributed by atoms with Gasteiger partial charge in [-0.05, 0) is 26.8 Å². The zero-order chi connectivity index (χ0) is 20.3. The fraction of sp³-hybridized carbons (Fsp3) is 0.632. The molecule has 0 radical (unpaired) electrons. The molecule has 9 heteroatoms. The molecule has 1 aliphatic carbocycles. The number of carbonyl (C=O) groups excluding carboxylic acids is 1. The van der Waals surface area contributed by atoms with E-state index >= 15 is 0 Å². The lowest BCUT2D eigenvalue weighted by Gasteiger charge is -2.40. The molecule has 0 bridgehead atoms. The second-order valence-electron chi connectivity index (χ2n) is 7.52. The van der Waals surface area contributed by atoms with Crippen molar-refractivity contribution >= 4 is 27.6 Å². The molecule has 0 spiro atoms. The van der Waals surface area contributed by atoms with Crippen LogP contribution in [-0.2, 0) is 9.53 Å². The Balaban J connectivity index is 1.46. The van der Waals surface area contributed by atoms with Crippen LogP contribution in [0.2, 0.25) is 0 Å². The molecule has 3 rings (SSSR count). The first-order valence-corrected chi connectivity index (χ1v) is 10.2. The lowest BCUT2D eigenvalue weighted by atomic mass is 9.79. The number of fused-ring (bicyclic) bond motifs is 1. The normalized spacial score (nSPS) is 22.7. The molecule has 7 nitrogen and oxygen atoms in total. The minimum Gasteiger partial charge on any atom is -0.474 e. The summed E-state index contributed by atoms with van der Waals surface area (Å²) >= 11 is 1.34. The molecule has 0 aliphatic heterocycles. The van der Waals surface area contributed by atoms with E-state index in [1.54, 1.807) is 12.1 Å². The first-order valence-electron chi connectivity index (χ1n) is 9.37. The number of ether oxygens (including phenoxy) is 3. The monoisotopic (exact) mass is 411 g/mol. The number of alkyl halides is 1. The molecule has 2 heterocycles. The van der Waals surface area contributed by atoms with Crippen molar-refractivity contribution in [1.82, 2.24) is 15.3 Å². The summed E-state index contributed by atoms with van der Waals surface area (Å²) in [5.41, 5.74) is -0.689. The van der Waals surface area contributed by atoms with E-state index in [2.05, 4.69) is 15.3 Å². The van der Waals surface area contributed by atoms with Gasteiger partial charge in [0.05, 0.1) is 18.8 Å². The van der Waals surface area contributed by atoms with Gasteiger partial charge < -0.3 is 19.5 Å². The largest absolute Gasteiger partial charge is 0.474 e. The number of carbonyl (C=O) groups is 1. The molecular formula is C19H26FN3O4S. The molecule has 1 atom stereocenters. The molecule has 0 aromatic carbocycles. The van der Waals surface area contributed by atoms with E-state index in [0.29, 0.717) is 22.5 Å². The fourth-order valence-electron chi connectivity index (χ4n) is 2.98. The van der Waals surface area contributed by atoms with Crippen LogP contribution in [-0.4, -0.2) is 53.0 Å². The molecule has 2 aromatic rings. The van der Waals surface area contributed by atoms with Gasteiger partial charge in [-0.25, -0.2) is 14.4 Å². The number of rotatable bonds is 9. The first kappa shape index (κ1) is 20.7. The van der Waals surface area contributed by atoms with Crippen molar-refractivity contribution in [2.75, 3.05) is 13.2 Å². The summed E-state index contributed by atoms with van der Waals surface area (Å²) in [4.78, 5) is 20.4. The van der Waals surface area contributed by atoms with Crippen molar-refractivity contribution in [2.24, 2.45) is 0 Å². The van der Waals surface area contributed by atoms with Crippen molar-refractivity contribution in [1.29, 1.82) is 0 Å². The highest BCUT2D eigenvalue weighted by molar-refractivity contribution is 7.19. The van der Waals surface area contributed by atoms with E-state index in [4.69, 9.17) is 14.2 Å². The van der Waals surface area contributed by atoms with Crippen LogP contribution in [0.5, 0.6) is 11.1 Å². The zero-order valence-electron chi connectivity index (χ0n) is 16.5. The summed E-state index contributed by atoms with van der Waals surface area (Å²) in [5, 5.41) is 3.30. The number of thiazole rings is 1. The molecule has 1 amide bonds. The van der Waals surface area contributed by atoms with Gasteiger partial charge in [-0.15, -0.1) is 0 Å². The van der Waals surface area contributed by atoms with Gasteiger partial charge in [0, 0.05) is 31.9 Å². The van der Waals surface area contributed by atoms with Crippen LogP contribution >= 0.6 is 11.3 Å². The van der Waals surface area contributed by atoms with Crippen LogP contribution in [0.15, 0.2) is 12.1 Å². The van der Waals surface area contributed by atoms with Gasteiger partial charge in [-0.2, -0.15) is 0 Å². The van der Waals surface area contributed by atoms with E-state index in [0.717, 1.165) is 5.52 Å². The van der Waals surface area contributed by atoms with Gasteiger partial charge in [-0.1, -0.05) is 11.3 Å². The summed E-state index contributed by atoms with van der Waals surface area (Å²) in [6.45, 7) is 7.48. The number of amides is 1. The van der Waals surface area contributed by atoms with Gasteiger partial charge in [0.15, 0.2) is 4.83 Å². The highest BCUT2D eigenvalue weighted by atomic mass is 32.1. The highest BCUT2D eigenvalue weighted by Gasteiger charge is 2.46. The van der Waals surface area contributed by atoms with Crippen molar-refractivity contribution in [2.45, 2.75) is 64.5 Å². The molecule has 1 N–H and O–H groups in total. The minimum absolute atomic E-state index is 0.0395. The van der Waals surface area contributed by atoms with Crippen LogP contribution in [0, 0.1) is 0 Å². The molecule has 154 valence electrons. The maximum absolute atomic E-state index is 14.7. The Bertz CT molecular complexity index is 823. The van der Waals surface area contributed by atoms with E-state index in [9.17, 15) is 9.18 Å². The number of hydrogen-bond acceptors (Lipinski definition) is 7. The molecular weight excluding hydrogens is 385 g/mol. The third kappa shape index (κ3) is 5.51. The lowest BCUT2D eigenvalue weighted by Crippen LogP contribution is -2.50. The zero-order valence-corrected chi connectivity index (χ0v) is 17.3. The average Bonchev–Trinajstić information content (AvgIpc) is 2.96. The summed E-state index contributed by atoms with van der Waals surface area (Å²) < 4.78 is 31.5. The number of halogens is 1. The quantitative estimate of drug-likeness (QED) is 0.682. The first-order chi connectivity index (χ1) is 13.2. The second kappa shape index (κ2) is 8.57.